The fraction of sp³-hybridized carbons (Fsp3) is 0.250. The van der Waals surface area contributed by atoms with E-state index in [1.54, 1.807) is 13.2 Å². The number of halogens is 1. The Morgan fingerprint density at radius 2 is 1.84 bits per heavy atom. The summed E-state index contributed by atoms with van der Waals surface area (Å²) in [7, 11) is 1.63. The van der Waals surface area contributed by atoms with E-state index in [1.807, 2.05) is 37.3 Å². The predicted octanol–water partition coefficient (Wildman–Crippen LogP) is 3.39. The monoisotopic (exact) mass is 259 g/mol. The molecule has 0 aliphatic heterocycles. The first-order chi connectivity index (χ1) is 9.10. The van der Waals surface area contributed by atoms with Crippen LogP contribution in [0.2, 0.25) is 0 Å². The van der Waals surface area contributed by atoms with Gasteiger partial charge >= 0.3 is 0 Å². The number of hydrogen-bond acceptors (Lipinski definition) is 2. The zero-order valence-corrected chi connectivity index (χ0v) is 11.2. The highest BCUT2D eigenvalue weighted by Gasteiger charge is 2.12. The molecule has 2 aromatic carbocycles. The van der Waals surface area contributed by atoms with E-state index in [0.717, 1.165) is 16.9 Å². The van der Waals surface area contributed by atoms with Crippen LogP contribution >= 0.6 is 0 Å². The van der Waals surface area contributed by atoms with Gasteiger partial charge in [0.25, 0.3) is 0 Å². The van der Waals surface area contributed by atoms with Crippen molar-refractivity contribution >= 4 is 0 Å². The van der Waals surface area contributed by atoms with E-state index in [1.165, 1.54) is 6.07 Å². The summed E-state index contributed by atoms with van der Waals surface area (Å²) in [6.07, 6.45) is 0.602. The Balaban J connectivity index is 2.15. The lowest BCUT2D eigenvalue weighted by Gasteiger charge is -2.14. The molecule has 0 amide bonds. The highest BCUT2D eigenvalue weighted by molar-refractivity contribution is 5.31. The predicted molar refractivity (Wildman–Crippen MR) is 74.8 cm³/mol. The van der Waals surface area contributed by atoms with Gasteiger partial charge in [0.2, 0.25) is 0 Å². The van der Waals surface area contributed by atoms with Crippen molar-refractivity contribution in [3.63, 3.8) is 0 Å². The highest BCUT2D eigenvalue weighted by atomic mass is 19.1. The summed E-state index contributed by atoms with van der Waals surface area (Å²) in [6, 6.07) is 12.4. The lowest BCUT2D eigenvalue weighted by Crippen LogP contribution is -2.15. The van der Waals surface area contributed by atoms with Crippen LogP contribution in [0.1, 0.15) is 22.7 Å². The fourth-order valence-corrected chi connectivity index (χ4v) is 2.07. The first kappa shape index (κ1) is 13.6. The number of rotatable bonds is 4. The maximum atomic E-state index is 13.7. The van der Waals surface area contributed by atoms with Crippen molar-refractivity contribution in [3.8, 4) is 5.75 Å². The minimum Gasteiger partial charge on any atom is -0.497 e. The molecule has 0 heterocycles. The number of benzene rings is 2. The number of methoxy groups -OCH3 is 1. The van der Waals surface area contributed by atoms with E-state index >= 15 is 0 Å². The molecule has 3 heteroatoms. The molecule has 19 heavy (non-hydrogen) atoms. The van der Waals surface area contributed by atoms with E-state index in [9.17, 15) is 4.39 Å². The minimum atomic E-state index is -0.340. The Bertz CT molecular complexity index is 551. The molecule has 0 aliphatic rings. The van der Waals surface area contributed by atoms with Crippen LogP contribution in [0.25, 0.3) is 0 Å². The Hall–Kier alpha value is -1.87. The summed E-state index contributed by atoms with van der Waals surface area (Å²) in [5.41, 5.74) is 8.74. The average molecular weight is 259 g/mol. The van der Waals surface area contributed by atoms with Gasteiger partial charge in [-0.25, -0.2) is 4.39 Å². The van der Waals surface area contributed by atoms with Crippen LogP contribution < -0.4 is 10.5 Å². The first-order valence-corrected chi connectivity index (χ1v) is 6.24. The third kappa shape index (κ3) is 3.32. The molecular weight excluding hydrogens is 241 g/mol. The van der Waals surface area contributed by atoms with Gasteiger partial charge < -0.3 is 10.5 Å². The Labute approximate surface area is 113 Å². The van der Waals surface area contributed by atoms with Crippen molar-refractivity contribution in [2.45, 2.75) is 19.4 Å². The van der Waals surface area contributed by atoms with Crippen LogP contribution in [0, 0.1) is 12.7 Å². The van der Waals surface area contributed by atoms with Crippen LogP contribution in [0.3, 0.4) is 0 Å². The van der Waals surface area contributed by atoms with Crippen molar-refractivity contribution in [1.82, 2.24) is 0 Å². The van der Waals surface area contributed by atoms with Crippen LogP contribution in [0.15, 0.2) is 42.5 Å². The van der Waals surface area contributed by atoms with Gasteiger partial charge in [0, 0.05) is 11.6 Å². The third-order valence-electron chi connectivity index (χ3n) is 3.17. The number of hydrogen-bond donors (Lipinski definition) is 1. The summed E-state index contributed by atoms with van der Waals surface area (Å²) >= 11 is 0. The quantitative estimate of drug-likeness (QED) is 0.913. The van der Waals surface area contributed by atoms with Gasteiger partial charge in [0.05, 0.1) is 7.11 Å². The number of ether oxygens (including phenoxy) is 1. The second-order valence-corrected chi connectivity index (χ2v) is 4.68. The SMILES string of the molecule is COc1ccc(CC(N)c2cc(C)ccc2F)cc1. The molecular formula is C16H18FNO. The van der Waals surface area contributed by atoms with Gasteiger partial charge in [-0.1, -0.05) is 29.8 Å². The van der Waals surface area contributed by atoms with Crippen molar-refractivity contribution in [3.05, 3.63) is 65.0 Å². The summed E-state index contributed by atoms with van der Waals surface area (Å²) < 4.78 is 18.8. The molecule has 0 spiro atoms. The molecule has 0 aliphatic carbocycles. The topological polar surface area (TPSA) is 35.2 Å². The first-order valence-electron chi connectivity index (χ1n) is 6.24. The van der Waals surface area contributed by atoms with E-state index < -0.39 is 0 Å². The Morgan fingerprint density at radius 1 is 1.16 bits per heavy atom. The van der Waals surface area contributed by atoms with Crippen molar-refractivity contribution < 1.29 is 9.13 Å². The number of aryl methyl sites for hydroxylation is 1. The van der Waals surface area contributed by atoms with E-state index in [4.69, 9.17) is 10.5 Å². The summed E-state index contributed by atoms with van der Waals surface area (Å²) in [5.74, 6) is 0.561. The molecule has 0 fully saturated rings. The lowest BCUT2D eigenvalue weighted by molar-refractivity contribution is 0.414. The van der Waals surface area contributed by atoms with Gasteiger partial charge in [0.15, 0.2) is 0 Å². The van der Waals surface area contributed by atoms with Gasteiger partial charge in [-0.2, -0.15) is 0 Å². The maximum Gasteiger partial charge on any atom is 0.128 e. The largest absolute Gasteiger partial charge is 0.497 e. The second-order valence-electron chi connectivity index (χ2n) is 4.68. The zero-order chi connectivity index (χ0) is 13.8. The smallest absolute Gasteiger partial charge is 0.128 e. The fourth-order valence-electron chi connectivity index (χ4n) is 2.07. The maximum absolute atomic E-state index is 13.7. The standard InChI is InChI=1S/C16H18FNO/c1-11-3-8-15(17)14(9-11)16(18)10-12-4-6-13(19-2)7-5-12/h3-9,16H,10,18H2,1-2H3. The molecule has 0 radical (unpaired) electrons. The molecule has 0 saturated heterocycles. The molecule has 1 atom stereocenters. The zero-order valence-electron chi connectivity index (χ0n) is 11.2. The number of nitrogens with two attached hydrogens (primary N) is 1. The van der Waals surface area contributed by atoms with Crippen LogP contribution in [0.4, 0.5) is 4.39 Å². The van der Waals surface area contributed by atoms with Gasteiger partial charge in [-0.05, 0) is 37.1 Å². The Morgan fingerprint density at radius 3 is 2.47 bits per heavy atom. The molecule has 0 aromatic heterocycles. The normalized spacial score (nSPS) is 12.2. The Kier molecular flexibility index (Phi) is 4.17. The van der Waals surface area contributed by atoms with E-state index in [-0.39, 0.29) is 11.9 Å². The lowest BCUT2D eigenvalue weighted by atomic mass is 9.98. The van der Waals surface area contributed by atoms with E-state index in [2.05, 4.69) is 0 Å². The molecule has 2 nitrogen and oxygen atoms in total. The van der Waals surface area contributed by atoms with Crippen molar-refractivity contribution in [2.75, 3.05) is 7.11 Å². The third-order valence-corrected chi connectivity index (χ3v) is 3.17. The molecule has 1 unspecified atom stereocenters. The average Bonchev–Trinajstić information content (AvgIpc) is 2.42. The summed E-state index contributed by atoms with van der Waals surface area (Å²) in [4.78, 5) is 0. The van der Waals surface area contributed by atoms with Crippen LogP contribution in [0.5, 0.6) is 5.75 Å². The molecule has 0 saturated carbocycles. The molecule has 2 rings (SSSR count). The van der Waals surface area contributed by atoms with E-state index in [0.29, 0.717) is 12.0 Å². The summed E-state index contributed by atoms with van der Waals surface area (Å²) in [5, 5.41) is 0. The summed E-state index contributed by atoms with van der Waals surface area (Å²) in [6.45, 7) is 1.93. The van der Waals surface area contributed by atoms with Crippen LogP contribution in [-0.2, 0) is 6.42 Å². The minimum absolute atomic E-state index is 0.244. The molecule has 2 N–H and O–H groups in total. The van der Waals surface area contributed by atoms with Gasteiger partial charge in [-0.15, -0.1) is 0 Å². The molecule has 2 aromatic rings. The van der Waals surface area contributed by atoms with Gasteiger partial charge in [-0.3, -0.25) is 0 Å². The second kappa shape index (κ2) is 5.85. The highest BCUT2D eigenvalue weighted by Crippen LogP contribution is 2.21. The van der Waals surface area contributed by atoms with Crippen LogP contribution in [-0.4, -0.2) is 7.11 Å². The van der Waals surface area contributed by atoms with Crippen molar-refractivity contribution in [2.24, 2.45) is 5.73 Å². The van der Waals surface area contributed by atoms with Crippen molar-refractivity contribution in [1.29, 1.82) is 0 Å². The molecule has 100 valence electrons. The molecule has 0 bridgehead atoms. The van der Waals surface area contributed by atoms with Gasteiger partial charge in [0.1, 0.15) is 11.6 Å².